The Morgan fingerprint density at radius 2 is 1.80 bits per heavy atom. The van der Waals surface area contributed by atoms with Crippen molar-refractivity contribution in [3.63, 3.8) is 0 Å². The lowest BCUT2D eigenvalue weighted by Crippen LogP contribution is -2.47. The maximum Gasteiger partial charge on any atom is 0.225 e. The van der Waals surface area contributed by atoms with Gasteiger partial charge in [-0.05, 0) is 12.8 Å². The summed E-state index contributed by atoms with van der Waals surface area (Å²) < 4.78 is 0. The van der Waals surface area contributed by atoms with Crippen LogP contribution in [0.15, 0.2) is 0 Å². The molecular weight excluding hydrogens is 190 g/mol. The van der Waals surface area contributed by atoms with Gasteiger partial charge in [0.05, 0.1) is 5.60 Å². The fourth-order valence-electron chi connectivity index (χ4n) is 1.90. The van der Waals surface area contributed by atoms with E-state index in [-0.39, 0.29) is 11.3 Å². The van der Waals surface area contributed by atoms with Crippen LogP contribution >= 0.6 is 0 Å². The molecule has 3 heteroatoms. The molecule has 0 heterocycles. The fourth-order valence-corrected chi connectivity index (χ4v) is 1.90. The molecule has 0 saturated heterocycles. The Morgan fingerprint density at radius 3 is 2.27 bits per heavy atom. The molecule has 1 aliphatic rings. The maximum absolute atomic E-state index is 11.6. The van der Waals surface area contributed by atoms with Gasteiger partial charge in [0.25, 0.3) is 0 Å². The van der Waals surface area contributed by atoms with Crippen molar-refractivity contribution in [3.05, 3.63) is 0 Å². The van der Waals surface area contributed by atoms with E-state index in [1.165, 1.54) is 6.42 Å². The zero-order valence-electron chi connectivity index (χ0n) is 10.1. The van der Waals surface area contributed by atoms with E-state index in [1.807, 2.05) is 20.8 Å². The van der Waals surface area contributed by atoms with E-state index in [0.717, 1.165) is 25.7 Å². The largest absolute Gasteiger partial charge is 0.388 e. The first-order valence-electron chi connectivity index (χ1n) is 5.84. The number of nitrogens with one attached hydrogen (secondary N) is 1. The zero-order valence-corrected chi connectivity index (χ0v) is 10.1. The molecule has 0 aromatic rings. The number of rotatable bonds is 2. The molecule has 0 radical (unpaired) electrons. The van der Waals surface area contributed by atoms with Crippen LogP contribution in [-0.2, 0) is 4.79 Å². The average molecular weight is 213 g/mol. The number of amides is 1. The quantitative estimate of drug-likeness (QED) is 0.735. The van der Waals surface area contributed by atoms with Crippen LogP contribution in [-0.4, -0.2) is 23.2 Å². The number of carbonyl (C=O) groups is 1. The lowest BCUT2D eigenvalue weighted by atomic mass is 9.84. The molecule has 15 heavy (non-hydrogen) atoms. The highest BCUT2D eigenvalue weighted by molar-refractivity contribution is 5.81. The van der Waals surface area contributed by atoms with E-state index in [2.05, 4.69) is 5.32 Å². The summed E-state index contributed by atoms with van der Waals surface area (Å²) in [5, 5.41) is 13.0. The topological polar surface area (TPSA) is 49.3 Å². The normalized spacial score (nSPS) is 21.1. The predicted molar refractivity (Wildman–Crippen MR) is 60.5 cm³/mol. The van der Waals surface area contributed by atoms with E-state index >= 15 is 0 Å². The van der Waals surface area contributed by atoms with E-state index in [0.29, 0.717) is 6.54 Å². The van der Waals surface area contributed by atoms with Crippen molar-refractivity contribution in [2.24, 2.45) is 5.41 Å². The van der Waals surface area contributed by atoms with Crippen LogP contribution in [0.25, 0.3) is 0 Å². The lowest BCUT2D eigenvalue weighted by molar-refractivity contribution is -0.130. The van der Waals surface area contributed by atoms with Crippen LogP contribution in [0.2, 0.25) is 0 Å². The zero-order chi connectivity index (χ0) is 11.5. The first-order valence-corrected chi connectivity index (χ1v) is 5.84. The molecule has 0 aliphatic heterocycles. The van der Waals surface area contributed by atoms with E-state index in [1.54, 1.807) is 0 Å². The maximum atomic E-state index is 11.6. The predicted octanol–water partition coefficient (Wildman–Crippen LogP) is 1.84. The summed E-state index contributed by atoms with van der Waals surface area (Å²) in [5.74, 6) is 0.0153. The van der Waals surface area contributed by atoms with Crippen LogP contribution in [0.5, 0.6) is 0 Å². The van der Waals surface area contributed by atoms with Gasteiger partial charge in [-0.2, -0.15) is 0 Å². The molecule has 3 nitrogen and oxygen atoms in total. The summed E-state index contributed by atoms with van der Waals surface area (Å²) in [6.45, 7) is 6.05. The van der Waals surface area contributed by atoms with Crippen molar-refractivity contribution in [2.45, 2.75) is 58.5 Å². The second-order valence-electron chi connectivity index (χ2n) is 5.72. The molecule has 0 atom stereocenters. The van der Waals surface area contributed by atoms with Gasteiger partial charge in [-0.3, -0.25) is 4.79 Å². The van der Waals surface area contributed by atoms with E-state index in [9.17, 15) is 9.90 Å². The Balaban J connectivity index is 2.38. The number of carbonyl (C=O) groups excluding carboxylic acids is 1. The smallest absolute Gasteiger partial charge is 0.225 e. The molecule has 0 aromatic carbocycles. The van der Waals surface area contributed by atoms with Crippen molar-refractivity contribution in [2.75, 3.05) is 6.54 Å². The molecule has 1 rings (SSSR count). The first-order chi connectivity index (χ1) is 6.83. The minimum Gasteiger partial charge on any atom is -0.388 e. The molecule has 0 bridgehead atoms. The second kappa shape index (κ2) is 4.52. The summed E-state index contributed by atoms with van der Waals surface area (Å²) >= 11 is 0. The highest BCUT2D eigenvalue weighted by Crippen LogP contribution is 2.27. The number of aliphatic hydroxyl groups is 1. The third-order valence-corrected chi connectivity index (χ3v) is 3.04. The van der Waals surface area contributed by atoms with Gasteiger partial charge in [0, 0.05) is 12.0 Å². The van der Waals surface area contributed by atoms with Gasteiger partial charge in [0.1, 0.15) is 0 Å². The highest BCUT2D eigenvalue weighted by atomic mass is 16.3. The van der Waals surface area contributed by atoms with Crippen LogP contribution in [0, 0.1) is 5.41 Å². The van der Waals surface area contributed by atoms with Gasteiger partial charge in [-0.25, -0.2) is 0 Å². The molecule has 88 valence electrons. The second-order valence-corrected chi connectivity index (χ2v) is 5.72. The molecular formula is C12H23NO2. The van der Waals surface area contributed by atoms with Gasteiger partial charge in [-0.1, -0.05) is 40.0 Å². The molecule has 2 N–H and O–H groups in total. The van der Waals surface area contributed by atoms with Gasteiger partial charge in [0.2, 0.25) is 5.91 Å². The summed E-state index contributed by atoms with van der Waals surface area (Å²) in [4.78, 5) is 11.6. The Labute approximate surface area is 92.3 Å². The fraction of sp³-hybridized carbons (Fsp3) is 0.917. The Hall–Kier alpha value is -0.570. The molecule has 0 unspecified atom stereocenters. The first kappa shape index (κ1) is 12.5. The van der Waals surface area contributed by atoms with Gasteiger partial charge in [-0.15, -0.1) is 0 Å². The summed E-state index contributed by atoms with van der Waals surface area (Å²) in [6, 6.07) is 0. The Morgan fingerprint density at radius 1 is 1.27 bits per heavy atom. The Kier molecular flexibility index (Phi) is 3.77. The summed E-state index contributed by atoms with van der Waals surface area (Å²) in [6.07, 6.45) is 4.98. The van der Waals surface area contributed by atoms with Crippen LogP contribution in [0.1, 0.15) is 52.9 Å². The van der Waals surface area contributed by atoms with Crippen LogP contribution in [0.3, 0.4) is 0 Å². The third kappa shape index (κ3) is 3.82. The number of hydrogen-bond acceptors (Lipinski definition) is 2. The minimum absolute atomic E-state index is 0.0153. The standard InChI is InChI=1S/C12H23NO2/c1-11(2,3)10(14)13-9-12(15)7-5-4-6-8-12/h15H,4-9H2,1-3H3,(H,13,14). The van der Waals surface area contributed by atoms with Crippen molar-refractivity contribution >= 4 is 5.91 Å². The van der Waals surface area contributed by atoms with Gasteiger partial charge in [0.15, 0.2) is 0 Å². The van der Waals surface area contributed by atoms with Crippen molar-refractivity contribution in [1.82, 2.24) is 5.32 Å². The third-order valence-electron chi connectivity index (χ3n) is 3.04. The molecule has 1 amide bonds. The van der Waals surface area contributed by atoms with Crippen LogP contribution < -0.4 is 5.32 Å². The van der Waals surface area contributed by atoms with Crippen LogP contribution in [0.4, 0.5) is 0 Å². The van der Waals surface area contributed by atoms with E-state index in [4.69, 9.17) is 0 Å². The molecule has 0 aromatic heterocycles. The summed E-state index contributed by atoms with van der Waals surface area (Å²) in [7, 11) is 0. The number of hydrogen-bond donors (Lipinski definition) is 2. The molecule has 1 fully saturated rings. The molecule has 0 spiro atoms. The molecule has 1 aliphatic carbocycles. The van der Waals surface area contributed by atoms with Gasteiger partial charge >= 0.3 is 0 Å². The van der Waals surface area contributed by atoms with E-state index < -0.39 is 5.60 Å². The summed E-state index contributed by atoms with van der Waals surface area (Å²) in [5.41, 5.74) is -1.02. The monoisotopic (exact) mass is 213 g/mol. The van der Waals surface area contributed by atoms with Crippen molar-refractivity contribution in [3.8, 4) is 0 Å². The molecule has 1 saturated carbocycles. The lowest BCUT2D eigenvalue weighted by Gasteiger charge is -2.33. The van der Waals surface area contributed by atoms with Gasteiger partial charge < -0.3 is 10.4 Å². The SMILES string of the molecule is CC(C)(C)C(=O)NCC1(O)CCCCC1. The van der Waals surface area contributed by atoms with Crippen molar-refractivity contribution < 1.29 is 9.90 Å². The average Bonchev–Trinajstić information content (AvgIpc) is 2.14. The Bertz CT molecular complexity index is 224. The highest BCUT2D eigenvalue weighted by Gasteiger charge is 2.31. The minimum atomic E-state index is -0.654. The van der Waals surface area contributed by atoms with Crippen molar-refractivity contribution in [1.29, 1.82) is 0 Å².